The van der Waals surface area contributed by atoms with Gasteiger partial charge in [0.1, 0.15) is 0 Å². The molecule has 3 amide bonds. The summed E-state index contributed by atoms with van der Waals surface area (Å²) in [7, 11) is 0. The first kappa shape index (κ1) is 16.2. The number of benzene rings is 2. The van der Waals surface area contributed by atoms with Gasteiger partial charge in [0, 0.05) is 10.6 Å². The first-order chi connectivity index (χ1) is 12.6. The molecule has 0 radical (unpaired) electrons. The number of hydrogen-bond acceptors (Lipinski definition) is 4. The standard InChI is InChI=1S/C20H14N2O3S/c23-18(12-15-7-4-10-26-15)21-13-5-3-6-14(11-13)22-19(24)16-8-1-2-9-17(16)20(22)25/h1-11H,12H2,(H,21,23). The molecule has 5 nitrogen and oxygen atoms in total. The molecule has 1 N–H and O–H groups in total. The van der Waals surface area contributed by atoms with Crippen molar-refractivity contribution >= 4 is 40.4 Å². The Morgan fingerprint density at radius 2 is 1.65 bits per heavy atom. The van der Waals surface area contributed by atoms with Crippen LogP contribution in [0.3, 0.4) is 0 Å². The van der Waals surface area contributed by atoms with Crippen molar-refractivity contribution in [3.05, 3.63) is 82.0 Å². The number of fused-ring (bicyclic) bond motifs is 1. The van der Waals surface area contributed by atoms with Gasteiger partial charge in [-0.25, -0.2) is 4.90 Å². The van der Waals surface area contributed by atoms with E-state index >= 15 is 0 Å². The summed E-state index contributed by atoms with van der Waals surface area (Å²) >= 11 is 1.52. The second kappa shape index (κ2) is 6.57. The van der Waals surface area contributed by atoms with Crippen molar-refractivity contribution in [2.24, 2.45) is 0 Å². The highest BCUT2D eigenvalue weighted by atomic mass is 32.1. The fourth-order valence-corrected chi connectivity index (χ4v) is 3.63. The molecular formula is C20H14N2O3S. The van der Waals surface area contributed by atoms with Crippen molar-refractivity contribution in [2.75, 3.05) is 10.2 Å². The summed E-state index contributed by atoms with van der Waals surface area (Å²) in [5.41, 5.74) is 1.76. The highest BCUT2D eigenvalue weighted by Crippen LogP contribution is 2.29. The Labute approximate surface area is 153 Å². The summed E-state index contributed by atoms with van der Waals surface area (Å²) in [6.07, 6.45) is 0.287. The van der Waals surface area contributed by atoms with Gasteiger partial charge < -0.3 is 5.32 Å². The lowest BCUT2D eigenvalue weighted by Gasteiger charge is -2.15. The van der Waals surface area contributed by atoms with Crippen molar-refractivity contribution < 1.29 is 14.4 Å². The van der Waals surface area contributed by atoms with Crippen molar-refractivity contribution in [3.8, 4) is 0 Å². The third kappa shape index (κ3) is 2.91. The van der Waals surface area contributed by atoms with E-state index in [9.17, 15) is 14.4 Å². The van der Waals surface area contributed by atoms with E-state index in [0.717, 1.165) is 9.78 Å². The Balaban J connectivity index is 1.56. The van der Waals surface area contributed by atoms with Crippen molar-refractivity contribution in [3.63, 3.8) is 0 Å². The van der Waals surface area contributed by atoms with Gasteiger partial charge in [-0.1, -0.05) is 24.3 Å². The molecule has 2 heterocycles. The van der Waals surface area contributed by atoms with E-state index < -0.39 is 0 Å². The van der Waals surface area contributed by atoms with Crippen LogP contribution in [-0.4, -0.2) is 17.7 Å². The number of thiophene rings is 1. The second-order valence-electron chi connectivity index (χ2n) is 5.85. The van der Waals surface area contributed by atoms with Crippen molar-refractivity contribution in [1.29, 1.82) is 0 Å². The van der Waals surface area contributed by atoms with Crippen molar-refractivity contribution in [2.45, 2.75) is 6.42 Å². The Hall–Kier alpha value is -3.25. The monoisotopic (exact) mass is 362 g/mol. The maximum absolute atomic E-state index is 12.6. The summed E-state index contributed by atoms with van der Waals surface area (Å²) in [4.78, 5) is 39.4. The molecule has 4 rings (SSSR count). The van der Waals surface area contributed by atoms with Crippen LogP contribution in [0.1, 0.15) is 25.6 Å². The quantitative estimate of drug-likeness (QED) is 0.719. The van der Waals surface area contributed by atoms with Gasteiger partial charge >= 0.3 is 0 Å². The third-order valence-electron chi connectivity index (χ3n) is 4.10. The van der Waals surface area contributed by atoms with Crippen molar-refractivity contribution in [1.82, 2.24) is 0 Å². The molecule has 0 saturated heterocycles. The smallest absolute Gasteiger partial charge is 0.266 e. The number of carbonyl (C=O) groups is 3. The Morgan fingerprint density at radius 1 is 0.923 bits per heavy atom. The van der Waals surface area contributed by atoms with Gasteiger partial charge in [-0.05, 0) is 41.8 Å². The molecule has 3 aromatic rings. The molecule has 0 aliphatic carbocycles. The minimum atomic E-state index is -0.354. The van der Waals surface area contributed by atoms with E-state index in [4.69, 9.17) is 0 Å². The first-order valence-corrected chi connectivity index (χ1v) is 8.91. The Morgan fingerprint density at radius 3 is 2.31 bits per heavy atom. The number of carbonyl (C=O) groups excluding carboxylic acids is 3. The number of hydrogen-bond donors (Lipinski definition) is 1. The maximum atomic E-state index is 12.6. The van der Waals surface area contributed by atoms with E-state index in [0.29, 0.717) is 22.5 Å². The molecule has 0 fully saturated rings. The van der Waals surface area contributed by atoms with Crippen LogP contribution in [0.15, 0.2) is 66.0 Å². The van der Waals surface area contributed by atoms with Gasteiger partial charge in [0.25, 0.3) is 11.8 Å². The van der Waals surface area contributed by atoms with Crippen LogP contribution in [0, 0.1) is 0 Å². The zero-order chi connectivity index (χ0) is 18.1. The number of imide groups is 1. The van der Waals surface area contributed by atoms with Crippen LogP contribution in [-0.2, 0) is 11.2 Å². The summed E-state index contributed by atoms with van der Waals surface area (Å²) in [5.74, 6) is -0.854. The maximum Gasteiger partial charge on any atom is 0.266 e. The zero-order valence-corrected chi connectivity index (χ0v) is 14.5. The molecule has 6 heteroatoms. The summed E-state index contributed by atoms with van der Waals surface area (Å²) in [6, 6.07) is 17.3. The largest absolute Gasteiger partial charge is 0.326 e. The molecule has 128 valence electrons. The number of nitrogens with one attached hydrogen (secondary N) is 1. The molecule has 1 aliphatic heterocycles. The lowest BCUT2D eigenvalue weighted by Crippen LogP contribution is -2.29. The van der Waals surface area contributed by atoms with Gasteiger partial charge in [0.2, 0.25) is 5.91 Å². The molecule has 0 saturated carbocycles. The Kier molecular flexibility index (Phi) is 4.10. The minimum Gasteiger partial charge on any atom is -0.326 e. The molecule has 0 atom stereocenters. The topological polar surface area (TPSA) is 66.5 Å². The first-order valence-electron chi connectivity index (χ1n) is 8.03. The highest BCUT2D eigenvalue weighted by molar-refractivity contribution is 7.10. The van der Waals surface area contributed by atoms with Crippen LogP contribution >= 0.6 is 11.3 Å². The SMILES string of the molecule is O=C(Cc1cccs1)Nc1cccc(N2C(=O)c3ccccc3C2=O)c1. The van der Waals surface area contributed by atoms with E-state index in [-0.39, 0.29) is 24.1 Å². The summed E-state index contributed by atoms with van der Waals surface area (Å²) in [6.45, 7) is 0. The molecule has 1 aromatic heterocycles. The molecule has 2 aromatic carbocycles. The summed E-state index contributed by atoms with van der Waals surface area (Å²) in [5, 5.41) is 4.74. The van der Waals surface area contributed by atoms with Gasteiger partial charge in [-0.2, -0.15) is 0 Å². The summed E-state index contributed by atoms with van der Waals surface area (Å²) < 4.78 is 0. The fourth-order valence-electron chi connectivity index (χ4n) is 2.92. The van der Waals surface area contributed by atoms with E-state index in [2.05, 4.69) is 5.32 Å². The van der Waals surface area contributed by atoms with Crippen LogP contribution < -0.4 is 10.2 Å². The highest BCUT2D eigenvalue weighted by Gasteiger charge is 2.36. The lowest BCUT2D eigenvalue weighted by atomic mass is 10.1. The van der Waals surface area contributed by atoms with Crippen LogP contribution in [0.5, 0.6) is 0 Å². The lowest BCUT2D eigenvalue weighted by molar-refractivity contribution is -0.115. The number of anilines is 2. The number of nitrogens with zero attached hydrogens (tertiary/aromatic N) is 1. The van der Waals surface area contributed by atoms with Crippen LogP contribution in [0.2, 0.25) is 0 Å². The van der Waals surface area contributed by atoms with Gasteiger partial charge in [0.05, 0.1) is 23.2 Å². The molecular weight excluding hydrogens is 348 g/mol. The molecule has 0 spiro atoms. The van der Waals surface area contributed by atoms with E-state index in [1.54, 1.807) is 48.5 Å². The normalized spacial score (nSPS) is 13.0. The molecule has 0 bridgehead atoms. The average Bonchev–Trinajstić information content (AvgIpc) is 3.23. The Bertz CT molecular complexity index is 976. The fraction of sp³-hybridized carbons (Fsp3) is 0.0500. The third-order valence-corrected chi connectivity index (χ3v) is 4.97. The molecule has 0 unspecified atom stereocenters. The van der Waals surface area contributed by atoms with E-state index in [1.165, 1.54) is 11.3 Å². The average molecular weight is 362 g/mol. The van der Waals surface area contributed by atoms with Gasteiger partial charge in [-0.3, -0.25) is 14.4 Å². The minimum absolute atomic E-state index is 0.146. The predicted octanol–water partition coefficient (Wildman–Crippen LogP) is 3.73. The number of amides is 3. The molecule has 26 heavy (non-hydrogen) atoms. The predicted molar refractivity (Wildman–Crippen MR) is 101 cm³/mol. The number of rotatable bonds is 4. The van der Waals surface area contributed by atoms with Gasteiger partial charge in [-0.15, -0.1) is 11.3 Å². The van der Waals surface area contributed by atoms with E-state index in [1.807, 2.05) is 17.5 Å². The van der Waals surface area contributed by atoms with Crippen LogP contribution in [0.4, 0.5) is 11.4 Å². The zero-order valence-electron chi connectivity index (χ0n) is 13.6. The second-order valence-corrected chi connectivity index (χ2v) is 6.88. The van der Waals surface area contributed by atoms with Gasteiger partial charge in [0.15, 0.2) is 0 Å². The van der Waals surface area contributed by atoms with Crippen LogP contribution in [0.25, 0.3) is 0 Å². The molecule has 1 aliphatic rings.